The van der Waals surface area contributed by atoms with Crippen LogP contribution in [-0.4, -0.2) is 35.8 Å². The number of rotatable bonds is 5. The van der Waals surface area contributed by atoms with Gasteiger partial charge in [0, 0.05) is 5.39 Å². The number of para-hydroxylation sites is 2. The maximum Gasteiger partial charge on any atom is 0.427 e. The lowest BCUT2D eigenvalue weighted by molar-refractivity contribution is -0.157. The molecule has 186 valence electrons. The fourth-order valence-corrected chi connectivity index (χ4v) is 3.08. The van der Waals surface area contributed by atoms with E-state index in [1.807, 2.05) is 0 Å². The number of carbonyl (C=O) groups excluding carboxylic acids is 3. The molecule has 9 nitrogen and oxygen atoms in total. The summed E-state index contributed by atoms with van der Waals surface area (Å²) < 4.78 is 22.0. The number of esters is 1. The monoisotopic (exact) mass is 482 g/mol. The van der Waals surface area contributed by atoms with Crippen molar-refractivity contribution >= 4 is 34.6 Å². The number of anilines is 1. The lowest BCUT2D eigenvalue weighted by atomic mass is 10.2. The maximum absolute atomic E-state index is 13.4. The lowest BCUT2D eigenvalue weighted by Crippen LogP contribution is -2.48. The molecule has 0 aliphatic rings. The molecule has 2 aromatic carbocycles. The average molecular weight is 483 g/mol. The Kier molecular flexibility index (Phi) is 7.38. The van der Waals surface area contributed by atoms with Crippen LogP contribution >= 0.6 is 0 Å². The predicted octanol–water partition coefficient (Wildman–Crippen LogP) is 5.24. The molecule has 0 aliphatic heterocycles. The smallest absolute Gasteiger partial charge is 0.427 e. The highest BCUT2D eigenvalue weighted by Gasteiger charge is 2.27. The number of nitrogens with one attached hydrogen (secondary N) is 1. The first-order valence-corrected chi connectivity index (χ1v) is 11.1. The minimum atomic E-state index is -0.799. The van der Waals surface area contributed by atoms with Gasteiger partial charge in [-0.25, -0.2) is 20.0 Å². The summed E-state index contributed by atoms with van der Waals surface area (Å²) in [7, 11) is 0. The van der Waals surface area contributed by atoms with E-state index in [0.29, 0.717) is 11.1 Å². The number of furan rings is 1. The number of hydrogen-bond donors (Lipinski definition) is 1. The molecule has 1 heterocycles. The third-order valence-corrected chi connectivity index (χ3v) is 4.30. The van der Waals surface area contributed by atoms with Crippen LogP contribution in [0.5, 0.6) is 5.75 Å². The summed E-state index contributed by atoms with van der Waals surface area (Å²) >= 11 is 0. The van der Waals surface area contributed by atoms with Crippen LogP contribution < -0.4 is 15.2 Å². The molecule has 0 bridgehead atoms. The normalized spacial score (nSPS) is 11.6. The molecule has 0 aliphatic carbocycles. The van der Waals surface area contributed by atoms with Gasteiger partial charge in [0.2, 0.25) is 0 Å². The first-order chi connectivity index (χ1) is 16.3. The molecule has 0 spiro atoms. The number of amides is 2. The zero-order valence-electron chi connectivity index (χ0n) is 20.7. The van der Waals surface area contributed by atoms with Crippen molar-refractivity contribution in [2.75, 3.05) is 11.6 Å². The molecule has 0 radical (unpaired) electrons. The Balaban J connectivity index is 1.86. The summed E-state index contributed by atoms with van der Waals surface area (Å²) in [5, 5.41) is 1.63. The van der Waals surface area contributed by atoms with E-state index in [-0.39, 0.29) is 23.7 Å². The number of fused-ring (bicyclic) bond motifs is 1. The first kappa shape index (κ1) is 25.6. The standard InChI is InChI=1S/C26H30N2O7/c1-25(2,3)34-21(29)16-32-19-14-10-11-17-15-20(33-22(17)19)23(30)28(18-12-8-7-9-13-18)27-24(31)35-26(4,5)6/h7-15H,16H2,1-6H3,(H,27,31). The van der Waals surface area contributed by atoms with Gasteiger partial charge in [-0.3, -0.25) is 4.79 Å². The highest BCUT2D eigenvalue weighted by atomic mass is 16.6. The van der Waals surface area contributed by atoms with E-state index in [1.165, 1.54) is 6.07 Å². The summed E-state index contributed by atoms with van der Waals surface area (Å²) in [5.41, 5.74) is 1.77. The molecule has 3 rings (SSSR count). The fraction of sp³-hybridized carbons (Fsp3) is 0.346. The summed E-state index contributed by atoms with van der Waals surface area (Å²) in [6.07, 6.45) is -0.799. The summed E-state index contributed by atoms with van der Waals surface area (Å²) in [6.45, 7) is 10.1. The molecule has 0 atom stereocenters. The highest BCUT2D eigenvalue weighted by molar-refractivity contribution is 6.07. The second kappa shape index (κ2) is 10.1. The second-order valence-electron chi connectivity index (χ2n) is 9.75. The van der Waals surface area contributed by atoms with Crippen LogP contribution in [-0.2, 0) is 14.3 Å². The van der Waals surface area contributed by atoms with Crippen molar-refractivity contribution in [3.63, 3.8) is 0 Å². The number of hydrazine groups is 1. The first-order valence-electron chi connectivity index (χ1n) is 11.1. The molecule has 9 heteroatoms. The van der Waals surface area contributed by atoms with Crippen molar-refractivity contribution in [3.05, 3.63) is 60.4 Å². The molecule has 0 saturated heterocycles. The van der Waals surface area contributed by atoms with E-state index in [0.717, 1.165) is 5.01 Å². The zero-order chi connectivity index (χ0) is 25.8. The average Bonchev–Trinajstić information content (AvgIpc) is 3.19. The fourth-order valence-electron chi connectivity index (χ4n) is 3.08. The van der Waals surface area contributed by atoms with E-state index in [1.54, 1.807) is 90.1 Å². The second-order valence-corrected chi connectivity index (χ2v) is 9.75. The highest BCUT2D eigenvalue weighted by Crippen LogP contribution is 2.30. The Morgan fingerprint density at radius 2 is 1.54 bits per heavy atom. The van der Waals surface area contributed by atoms with E-state index in [2.05, 4.69) is 5.43 Å². The van der Waals surface area contributed by atoms with Gasteiger partial charge in [0.25, 0.3) is 0 Å². The predicted molar refractivity (Wildman–Crippen MR) is 130 cm³/mol. The van der Waals surface area contributed by atoms with Crippen molar-refractivity contribution < 1.29 is 33.0 Å². The summed E-state index contributed by atoms with van der Waals surface area (Å²) in [6, 6.07) is 15.2. The van der Waals surface area contributed by atoms with Gasteiger partial charge in [-0.2, -0.15) is 0 Å². The number of ether oxygens (including phenoxy) is 3. The van der Waals surface area contributed by atoms with Crippen LogP contribution in [0.2, 0.25) is 0 Å². The Morgan fingerprint density at radius 3 is 2.17 bits per heavy atom. The number of carbonyl (C=O) groups is 3. The topological polar surface area (TPSA) is 107 Å². The number of benzene rings is 2. The van der Waals surface area contributed by atoms with Crippen molar-refractivity contribution in [1.82, 2.24) is 5.43 Å². The van der Waals surface area contributed by atoms with Gasteiger partial charge < -0.3 is 18.6 Å². The molecule has 0 fully saturated rings. The Bertz CT molecular complexity index is 1200. The SMILES string of the molecule is CC(C)(C)OC(=O)COc1cccc2cc(C(=O)N(NC(=O)OC(C)(C)C)c3ccccc3)oc12. The van der Waals surface area contributed by atoms with Crippen molar-refractivity contribution in [1.29, 1.82) is 0 Å². The number of hydrogen-bond acceptors (Lipinski definition) is 7. The van der Waals surface area contributed by atoms with Gasteiger partial charge in [0.05, 0.1) is 5.69 Å². The van der Waals surface area contributed by atoms with Crippen LogP contribution in [0, 0.1) is 0 Å². The molecular weight excluding hydrogens is 452 g/mol. The Morgan fingerprint density at radius 1 is 0.886 bits per heavy atom. The van der Waals surface area contributed by atoms with E-state index < -0.39 is 29.2 Å². The summed E-state index contributed by atoms with van der Waals surface area (Å²) in [5.74, 6) is -0.933. The number of nitrogens with zero attached hydrogens (tertiary/aromatic N) is 1. The molecular formula is C26H30N2O7. The quantitative estimate of drug-likeness (QED) is 0.391. The third-order valence-electron chi connectivity index (χ3n) is 4.30. The van der Waals surface area contributed by atoms with Crippen LogP contribution in [0.1, 0.15) is 52.1 Å². The molecule has 0 saturated carbocycles. The molecule has 35 heavy (non-hydrogen) atoms. The van der Waals surface area contributed by atoms with Gasteiger partial charge in [0.1, 0.15) is 11.2 Å². The van der Waals surface area contributed by atoms with Gasteiger partial charge in [0.15, 0.2) is 23.7 Å². The Hall–Kier alpha value is -4.01. The lowest BCUT2D eigenvalue weighted by Gasteiger charge is -2.25. The maximum atomic E-state index is 13.4. The van der Waals surface area contributed by atoms with Gasteiger partial charge in [-0.05, 0) is 65.8 Å². The largest absolute Gasteiger partial charge is 0.478 e. The minimum absolute atomic E-state index is 0.0479. The van der Waals surface area contributed by atoms with Crippen molar-refractivity contribution in [2.24, 2.45) is 0 Å². The minimum Gasteiger partial charge on any atom is -0.478 e. The molecule has 1 N–H and O–H groups in total. The van der Waals surface area contributed by atoms with Gasteiger partial charge >= 0.3 is 18.0 Å². The van der Waals surface area contributed by atoms with E-state index in [4.69, 9.17) is 18.6 Å². The van der Waals surface area contributed by atoms with Crippen molar-refractivity contribution in [3.8, 4) is 5.75 Å². The van der Waals surface area contributed by atoms with Crippen LogP contribution in [0.15, 0.2) is 59.0 Å². The molecule has 0 unspecified atom stereocenters. The van der Waals surface area contributed by atoms with E-state index >= 15 is 0 Å². The van der Waals surface area contributed by atoms with Crippen molar-refractivity contribution in [2.45, 2.75) is 52.7 Å². The van der Waals surface area contributed by atoms with Gasteiger partial charge in [-0.1, -0.05) is 30.3 Å². The van der Waals surface area contributed by atoms with Crippen LogP contribution in [0.3, 0.4) is 0 Å². The third kappa shape index (κ3) is 7.23. The molecule has 2 amide bonds. The van der Waals surface area contributed by atoms with Gasteiger partial charge in [-0.15, -0.1) is 0 Å². The molecule has 3 aromatic rings. The molecule has 1 aromatic heterocycles. The van der Waals surface area contributed by atoms with Crippen LogP contribution in [0.4, 0.5) is 10.5 Å². The Labute approximate surface area is 203 Å². The summed E-state index contributed by atoms with van der Waals surface area (Å²) in [4.78, 5) is 37.9. The zero-order valence-corrected chi connectivity index (χ0v) is 20.7. The van der Waals surface area contributed by atoms with E-state index in [9.17, 15) is 14.4 Å². The van der Waals surface area contributed by atoms with Crippen LogP contribution in [0.25, 0.3) is 11.0 Å².